The summed E-state index contributed by atoms with van der Waals surface area (Å²) in [6.45, 7) is 0.772. The normalized spacial score (nSPS) is 16.9. The number of furan rings is 1. The van der Waals surface area contributed by atoms with Crippen molar-refractivity contribution < 1.29 is 9.15 Å². The highest BCUT2D eigenvalue weighted by Crippen LogP contribution is 2.30. The Labute approximate surface area is 100 Å². The van der Waals surface area contributed by atoms with Crippen molar-refractivity contribution in [2.45, 2.75) is 12.5 Å². The summed E-state index contributed by atoms with van der Waals surface area (Å²) in [7, 11) is 1.92. The number of ether oxygens (including phenoxy) is 1. The molecule has 0 spiro atoms. The molecule has 0 saturated heterocycles. The van der Waals surface area contributed by atoms with E-state index in [0.717, 1.165) is 35.5 Å². The molecule has 1 aliphatic heterocycles. The van der Waals surface area contributed by atoms with Crippen LogP contribution in [0.4, 0.5) is 0 Å². The Morgan fingerprint density at radius 3 is 2.88 bits per heavy atom. The van der Waals surface area contributed by atoms with Crippen LogP contribution in [0.15, 0.2) is 46.6 Å². The molecule has 1 aliphatic rings. The molecule has 0 fully saturated rings. The number of hydrogen-bond donors (Lipinski definition) is 1. The van der Waals surface area contributed by atoms with Crippen molar-refractivity contribution in [3.63, 3.8) is 0 Å². The first-order valence-electron chi connectivity index (χ1n) is 5.87. The van der Waals surface area contributed by atoms with Gasteiger partial charge in [0, 0.05) is 11.8 Å². The Balaban J connectivity index is 2.00. The van der Waals surface area contributed by atoms with Crippen molar-refractivity contribution >= 4 is 11.0 Å². The third-order valence-corrected chi connectivity index (χ3v) is 3.03. The van der Waals surface area contributed by atoms with Gasteiger partial charge in [-0.05, 0) is 25.3 Å². The average Bonchev–Trinajstić information content (AvgIpc) is 2.98. The van der Waals surface area contributed by atoms with Gasteiger partial charge in [-0.25, -0.2) is 0 Å². The van der Waals surface area contributed by atoms with Crippen molar-refractivity contribution in [1.82, 2.24) is 5.32 Å². The number of para-hydroxylation sites is 1. The van der Waals surface area contributed by atoms with E-state index in [9.17, 15) is 0 Å². The highest BCUT2D eigenvalue weighted by atomic mass is 16.5. The molecule has 0 radical (unpaired) electrons. The lowest BCUT2D eigenvalue weighted by molar-refractivity contribution is 0.211. The molecule has 2 aromatic rings. The van der Waals surface area contributed by atoms with Gasteiger partial charge in [0.15, 0.2) is 0 Å². The van der Waals surface area contributed by atoms with E-state index in [-0.39, 0.29) is 6.04 Å². The second kappa shape index (κ2) is 4.26. The summed E-state index contributed by atoms with van der Waals surface area (Å²) in [5.74, 6) is 1.87. The maximum Gasteiger partial charge on any atom is 0.134 e. The maximum absolute atomic E-state index is 5.85. The lowest BCUT2D eigenvalue weighted by Crippen LogP contribution is -2.18. The van der Waals surface area contributed by atoms with E-state index in [1.165, 1.54) is 0 Å². The highest BCUT2D eigenvalue weighted by molar-refractivity contribution is 5.77. The van der Waals surface area contributed by atoms with Crippen molar-refractivity contribution in [3.05, 3.63) is 47.9 Å². The van der Waals surface area contributed by atoms with Crippen LogP contribution in [0.3, 0.4) is 0 Å². The first kappa shape index (κ1) is 10.4. The fraction of sp³-hybridized carbons (Fsp3) is 0.286. The zero-order valence-electron chi connectivity index (χ0n) is 9.77. The predicted octanol–water partition coefficient (Wildman–Crippen LogP) is 3.00. The molecule has 0 amide bonds. The first-order valence-corrected chi connectivity index (χ1v) is 5.87. The largest absolute Gasteiger partial charge is 0.496 e. The van der Waals surface area contributed by atoms with Gasteiger partial charge in [0.05, 0.1) is 6.61 Å². The van der Waals surface area contributed by atoms with Crippen molar-refractivity contribution in [2.75, 3.05) is 13.7 Å². The van der Waals surface area contributed by atoms with Crippen molar-refractivity contribution in [1.29, 1.82) is 0 Å². The number of benzene rings is 1. The molecule has 1 N–H and O–H groups in total. The summed E-state index contributed by atoms with van der Waals surface area (Å²) in [6.07, 6.45) is 3.10. The van der Waals surface area contributed by atoms with Gasteiger partial charge in [-0.2, -0.15) is 0 Å². The second-order valence-electron chi connectivity index (χ2n) is 4.15. The van der Waals surface area contributed by atoms with Crippen LogP contribution >= 0.6 is 0 Å². The second-order valence-corrected chi connectivity index (χ2v) is 4.15. The summed E-state index contributed by atoms with van der Waals surface area (Å²) < 4.78 is 11.4. The summed E-state index contributed by atoms with van der Waals surface area (Å²) in [4.78, 5) is 0. The molecule has 3 heteroatoms. The van der Waals surface area contributed by atoms with Crippen LogP contribution in [0.25, 0.3) is 11.0 Å². The maximum atomic E-state index is 5.85. The third kappa shape index (κ3) is 1.83. The van der Waals surface area contributed by atoms with Crippen LogP contribution < -0.4 is 5.32 Å². The Kier molecular flexibility index (Phi) is 2.61. The molecule has 2 heterocycles. The Morgan fingerprint density at radius 1 is 1.29 bits per heavy atom. The molecule has 0 aliphatic carbocycles. The van der Waals surface area contributed by atoms with E-state index >= 15 is 0 Å². The van der Waals surface area contributed by atoms with Gasteiger partial charge in [0.25, 0.3) is 0 Å². The number of rotatable bonds is 3. The minimum Gasteiger partial charge on any atom is -0.496 e. The Morgan fingerprint density at radius 2 is 2.18 bits per heavy atom. The van der Waals surface area contributed by atoms with Crippen LogP contribution in [0.2, 0.25) is 0 Å². The minimum absolute atomic E-state index is 0.0184. The lowest BCUT2D eigenvalue weighted by atomic mass is 10.1. The molecule has 3 nitrogen and oxygen atoms in total. The van der Waals surface area contributed by atoms with Gasteiger partial charge in [-0.15, -0.1) is 0 Å². The number of hydrogen-bond acceptors (Lipinski definition) is 3. The number of likely N-dealkylation sites (N-methyl/N-ethyl adjacent to an activating group) is 1. The zero-order valence-corrected chi connectivity index (χ0v) is 9.77. The molecular formula is C14H15NO2. The molecule has 1 aromatic carbocycles. The quantitative estimate of drug-likeness (QED) is 0.878. The molecule has 1 atom stereocenters. The van der Waals surface area contributed by atoms with E-state index in [1.54, 1.807) is 0 Å². The molecule has 1 aromatic heterocycles. The summed E-state index contributed by atoms with van der Waals surface area (Å²) in [6, 6.07) is 10.1. The zero-order chi connectivity index (χ0) is 11.7. The molecule has 3 rings (SSSR count). The lowest BCUT2D eigenvalue weighted by Gasteiger charge is -2.14. The highest BCUT2D eigenvalue weighted by Gasteiger charge is 2.22. The predicted molar refractivity (Wildman–Crippen MR) is 66.7 cm³/mol. The van der Waals surface area contributed by atoms with E-state index in [2.05, 4.69) is 23.5 Å². The number of nitrogens with one attached hydrogen (secondary N) is 1. The van der Waals surface area contributed by atoms with E-state index in [4.69, 9.17) is 9.15 Å². The van der Waals surface area contributed by atoms with Gasteiger partial charge in [-0.1, -0.05) is 18.2 Å². The van der Waals surface area contributed by atoms with Gasteiger partial charge in [0.2, 0.25) is 0 Å². The minimum atomic E-state index is 0.0184. The third-order valence-electron chi connectivity index (χ3n) is 3.03. The standard InChI is InChI=1S/C14H15NO2/c1-15-14(12-7-4-8-16-12)13-9-10-5-2-3-6-11(10)17-13/h2-3,5-7,9,14-15H,4,8H2,1H3. The molecule has 17 heavy (non-hydrogen) atoms. The van der Waals surface area contributed by atoms with E-state index in [0.29, 0.717) is 0 Å². The topological polar surface area (TPSA) is 34.4 Å². The fourth-order valence-corrected chi connectivity index (χ4v) is 2.21. The van der Waals surface area contributed by atoms with Gasteiger partial charge in [-0.3, -0.25) is 0 Å². The average molecular weight is 229 g/mol. The van der Waals surface area contributed by atoms with Crippen LogP contribution in [0, 0.1) is 0 Å². The van der Waals surface area contributed by atoms with Crippen molar-refractivity contribution in [3.8, 4) is 0 Å². The molecular weight excluding hydrogens is 214 g/mol. The molecule has 0 saturated carbocycles. The number of fused-ring (bicyclic) bond motifs is 1. The van der Waals surface area contributed by atoms with Crippen LogP contribution in [0.1, 0.15) is 18.2 Å². The fourth-order valence-electron chi connectivity index (χ4n) is 2.21. The Bertz CT molecular complexity index is 523. The van der Waals surface area contributed by atoms with Crippen LogP contribution in [-0.2, 0) is 4.74 Å². The van der Waals surface area contributed by atoms with Crippen molar-refractivity contribution in [2.24, 2.45) is 0 Å². The Hall–Kier alpha value is -1.74. The van der Waals surface area contributed by atoms with E-state index in [1.807, 2.05) is 25.2 Å². The molecule has 0 bridgehead atoms. The monoisotopic (exact) mass is 229 g/mol. The smallest absolute Gasteiger partial charge is 0.134 e. The van der Waals surface area contributed by atoms with Gasteiger partial charge in [0.1, 0.15) is 23.1 Å². The summed E-state index contributed by atoms with van der Waals surface area (Å²) in [5, 5.41) is 4.36. The first-order chi connectivity index (χ1) is 8.38. The molecule has 1 unspecified atom stereocenters. The summed E-state index contributed by atoms with van der Waals surface area (Å²) >= 11 is 0. The molecule has 88 valence electrons. The van der Waals surface area contributed by atoms with E-state index < -0.39 is 0 Å². The SMILES string of the molecule is CNC(C1=CCCO1)c1cc2ccccc2o1. The van der Waals surface area contributed by atoms with Crippen LogP contribution in [-0.4, -0.2) is 13.7 Å². The van der Waals surface area contributed by atoms with Gasteiger partial charge < -0.3 is 14.5 Å². The van der Waals surface area contributed by atoms with Gasteiger partial charge >= 0.3 is 0 Å². The van der Waals surface area contributed by atoms with Crippen LogP contribution in [0.5, 0.6) is 0 Å². The summed E-state index contributed by atoms with van der Waals surface area (Å²) in [5.41, 5.74) is 0.918.